The summed E-state index contributed by atoms with van der Waals surface area (Å²) >= 11 is 0. The lowest BCUT2D eigenvalue weighted by Crippen LogP contribution is -2.34. The van der Waals surface area contributed by atoms with Crippen molar-refractivity contribution in [2.75, 3.05) is 5.32 Å². The molecule has 2 aromatic rings. The molecular weight excluding hydrogens is 340 g/mol. The van der Waals surface area contributed by atoms with Crippen LogP contribution in [0.1, 0.15) is 42.0 Å². The summed E-state index contributed by atoms with van der Waals surface area (Å²) in [5, 5.41) is 22.8. The molecule has 1 aromatic heterocycles. The van der Waals surface area contributed by atoms with Crippen molar-refractivity contribution in [3.63, 3.8) is 0 Å². The molecule has 0 saturated carbocycles. The first kappa shape index (κ1) is 17.3. The van der Waals surface area contributed by atoms with Gasteiger partial charge in [0, 0.05) is 41.8 Å². The zero-order valence-electron chi connectivity index (χ0n) is 13.9. The molecule has 0 saturated heterocycles. The fourth-order valence-electron chi connectivity index (χ4n) is 2.85. The fourth-order valence-corrected chi connectivity index (χ4v) is 2.85. The second kappa shape index (κ2) is 6.79. The molecule has 0 bridgehead atoms. The number of carboxylic acids is 1. The van der Waals surface area contributed by atoms with Crippen LogP contribution in [-0.2, 0) is 0 Å². The summed E-state index contributed by atoms with van der Waals surface area (Å²) in [5.41, 5.74) is 0.476. The first-order valence-corrected chi connectivity index (χ1v) is 7.93. The average Bonchev–Trinajstić information content (AvgIpc) is 2.61. The molecule has 0 spiro atoms. The molecule has 1 atom stereocenters. The van der Waals surface area contributed by atoms with Gasteiger partial charge < -0.3 is 10.4 Å². The topological polar surface area (TPSA) is 127 Å². The highest BCUT2D eigenvalue weighted by molar-refractivity contribution is 5.87. The molecule has 9 heteroatoms. The monoisotopic (exact) mass is 356 g/mol. The molecule has 0 fully saturated rings. The summed E-state index contributed by atoms with van der Waals surface area (Å²) in [6, 6.07) is 5.78. The van der Waals surface area contributed by atoms with E-state index in [1.165, 1.54) is 16.7 Å². The van der Waals surface area contributed by atoms with E-state index in [0.717, 1.165) is 11.8 Å². The van der Waals surface area contributed by atoms with Gasteiger partial charge in [0.15, 0.2) is 0 Å². The molecule has 3 rings (SSSR count). The van der Waals surface area contributed by atoms with Crippen LogP contribution in [0.3, 0.4) is 0 Å². The Morgan fingerprint density at radius 3 is 2.73 bits per heavy atom. The van der Waals surface area contributed by atoms with Gasteiger partial charge in [0.05, 0.1) is 4.92 Å². The van der Waals surface area contributed by atoms with E-state index in [9.17, 15) is 19.7 Å². The maximum atomic E-state index is 12.4. The smallest absolute Gasteiger partial charge is 0.342 e. The minimum atomic E-state index is -1.30. The van der Waals surface area contributed by atoms with Crippen molar-refractivity contribution in [2.24, 2.45) is 0 Å². The predicted octanol–water partition coefficient (Wildman–Crippen LogP) is 2.66. The molecular formula is C17H16N4O5. The van der Waals surface area contributed by atoms with Crippen molar-refractivity contribution < 1.29 is 14.8 Å². The van der Waals surface area contributed by atoms with Crippen LogP contribution in [0, 0.1) is 10.1 Å². The number of aromatic nitrogens is 2. The highest BCUT2D eigenvalue weighted by Gasteiger charge is 2.25. The van der Waals surface area contributed by atoms with Crippen LogP contribution in [0.5, 0.6) is 0 Å². The van der Waals surface area contributed by atoms with E-state index >= 15 is 0 Å². The van der Waals surface area contributed by atoms with E-state index < -0.39 is 16.5 Å². The van der Waals surface area contributed by atoms with Gasteiger partial charge in [-0.25, -0.2) is 9.78 Å². The standard InChI is InChI=1S/C17H16N4O5/c1-10-2-3-11(8-18-12-4-6-13(7-5-12)21(25)26)15-19-9-14(17(23)24)16(22)20(10)15/h4-10,18H,2-3H2,1H3,(H,23,24)/b11-8+. The molecule has 2 heterocycles. The zero-order chi connectivity index (χ0) is 18.8. The lowest BCUT2D eigenvalue weighted by molar-refractivity contribution is -0.384. The molecule has 1 aliphatic heterocycles. The summed E-state index contributed by atoms with van der Waals surface area (Å²) in [5.74, 6) is -0.877. The number of nitrogens with zero attached hydrogens (tertiary/aromatic N) is 3. The number of fused-ring (bicyclic) bond motifs is 1. The summed E-state index contributed by atoms with van der Waals surface area (Å²) in [7, 11) is 0. The third-order valence-electron chi connectivity index (χ3n) is 4.27. The Kier molecular flexibility index (Phi) is 4.53. The summed E-state index contributed by atoms with van der Waals surface area (Å²) in [6.45, 7) is 1.85. The lowest BCUT2D eigenvalue weighted by atomic mass is 10.0. The summed E-state index contributed by atoms with van der Waals surface area (Å²) < 4.78 is 1.40. The van der Waals surface area contributed by atoms with Crippen LogP contribution in [0.4, 0.5) is 11.4 Å². The molecule has 26 heavy (non-hydrogen) atoms. The second-order valence-electron chi connectivity index (χ2n) is 5.98. The number of nitrogens with one attached hydrogen (secondary N) is 1. The second-order valence-corrected chi connectivity index (χ2v) is 5.98. The summed E-state index contributed by atoms with van der Waals surface area (Å²) in [4.78, 5) is 37.9. The van der Waals surface area contributed by atoms with Crippen LogP contribution >= 0.6 is 0 Å². The van der Waals surface area contributed by atoms with Crippen molar-refractivity contribution in [3.05, 3.63) is 68.5 Å². The van der Waals surface area contributed by atoms with Crippen molar-refractivity contribution >= 4 is 22.9 Å². The number of hydrogen-bond donors (Lipinski definition) is 2. The predicted molar refractivity (Wildman–Crippen MR) is 94.1 cm³/mol. The third-order valence-corrected chi connectivity index (χ3v) is 4.27. The number of aromatic carboxylic acids is 1. The van der Waals surface area contributed by atoms with Crippen LogP contribution < -0.4 is 10.9 Å². The van der Waals surface area contributed by atoms with E-state index in [1.807, 2.05) is 6.92 Å². The SMILES string of the molecule is CC1CC/C(=C\Nc2ccc([N+](=O)[O-])cc2)c2ncc(C(=O)O)c(=O)n21. The number of carboxylic acid groups (broad SMARTS) is 1. The van der Waals surface area contributed by atoms with Crippen LogP contribution in [0.2, 0.25) is 0 Å². The molecule has 1 aliphatic rings. The van der Waals surface area contributed by atoms with E-state index in [4.69, 9.17) is 5.11 Å². The van der Waals surface area contributed by atoms with Gasteiger partial charge in [-0.1, -0.05) is 0 Å². The highest BCUT2D eigenvalue weighted by atomic mass is 16.6. The fraction of sp³-hybridized carbons (Fsp3) is 0.235. The Morgan fingerprint density at radius 1 is 1.42 bits per heavy atom. The molecule has 0 aliphatic carbocycles. The number of benzene rings is 1. The maximum absolute atomic E-state index is 12.4. The maximum Gasteiger partial charge on any atom is 0.342 e. The van der Waals surface area contributed by atoms with Gasteiger partial charge in [0.25, 0.3) is 11.2 Å². The van der Waals surface area contributed by atoms with Crippen molar-refractivity contribution in [3.8, 4) is 0 Å². The van der Waals surface area contributed by atoms with Gasteiger partial charge in [-0.05, 0) is 31.9 Å². The summed E-state index contributed by atoms with van der Waals surface area (Å²) in [6.07, 6.45) is 4.10. The van der Waals surface area contributed by atoms with Crippen LogP contribution in [-0.4, -0.2) is 25.6 Å². The van der Waals surface area contributed by atoms with Gasteiger partial charge in [-0.15, -0.1) is 0 Å². The minimum Gasteiger partial charge on any atom is -0.477 e. The van der Waals surface area contributed by atoms with Crippen LogP contribution in [0.15, 0.2) is 41.5 Å². The number of hydrogen-bond acceptors (Lipinski definition) is 6. The van der Waals surface area contributed by atoms with E-state index in [0.29, 0.717) is 24.4 Å². The first-order valence-electron chi connectivity index (χ1n) is 7.93. The Labute approximate surface area is 147 Å². The largest absolute Gasteiger partial charge is 0.477 e. The number of allylic oxidation sites excluding steroid dienone is 1. The third kappa shape index (κ3) is 3.18. The Bertz CT molecular complexity index is 962. The highest BCUT2D eigenvalue weighted by Crippen LogP contribution is 2.30. The molecule has 1 unspecified atom stereocenters. The number of nitro groups is 1. The zero-order valence-corrected chi connectivity index (χ0v) is 13.9. The number of rotatable bonds is 4. The number of nitro benzene ring substituents is 1. The number of carbonyl (C=O) groups is 1. The Morgan fingerprint density at radius 2 is 2.12 bits per heavy atom. The Balaban J connectivity index is 1.93. The molecule has 0 amide bonds. The van der Waals surface area contributed by atoms with Crippen molar-refractivity contribution in [1.82, 2.24) is 9.55 Å². The molecule has 1 aromatic carbocycles. The van der Waals surface area contributed by atoms with Gasteiger partial charge in [-0.2, -0.15) is 0 Å². The Hall–Kier alpha value is -3.49. The van der Waals surface area contributed by atoms with Gasteiger partial charge in [0.1, 0.15) is 11.4 Å². The average molecular weight is 356 g/mol. The van der Waals surface area contributed by atoms with Gasteiger partial charge in [0.2, 0.25) is 0 Å². The normalized spacial score (nSPS) is 17.6. The van der Waals surface area contributed by atoms with Crippen molar-refractivity contribution in [1.29, 1.82) is 0 Å². The first-order chi connectivity index (χ1) is 12.4. The van der Waals surface area contributed by atoms with Gasteiger partial charge >= 0.3 is 5.97 Å². The lowest BCUT2D eigenvalue weighted by Gasteiger charge is -2.26. The number of non-ortho nitro benzene ring substituents is 1. The molecule has 0 radical (unpaired) electrons. The molecule has 134 valence electrons. The minimum absolute atomic E-state index is 0.00513. The number of anilines is 1. The van der Waals surface area contributed by atoms with E-state index in [-0.39, 0.29) is 17.3 Å². The van der Waals surface area contributed by atoms with Crippen molar-refractivity contribution in [2.45, 2.75) is 25.8 Å². The van der Waals surface area contributed by atoms with E-state index in [2.05, 4.69) is 10.3 Å². The van der Waals surface area contributed by atoms with Gasteiger partial charge in [-0.3, -0.25) is 19.5 Å². The van der Waals surface area contributed by atoms with E-state index in [1.54, 1.807) is 18.3 Å². The molecule has 9 nitrogen and oxygen atoms in total. The quantitative estimate of drug-likeness (QED) is 0.636. The van der Waals surface area contributed by atoms with Crippen LogP contribution in [0.25, 0.3) is 5.57 Å². The molecule has 2 N–H and O–H groups in total.